The number of benzene rings is 1. The molecule has 1 aromatic carbocycles. The van der Waals surface area contributed by atoms with E-state index in [1.165, 1.54) is 0 Å². The van der Waals surface area contributed by atoms with Crippen molar-refractivity contribution in [2.75, 3.05) is 19.6 Å². The predicted octanol–water partition coefficient (Wildman–Crippen LogP) is 3.71. The Kier molecular flexibility index (Phi) is 6.18. The number of pyridine rings is 1. The monoisotopic (exact) mass is 457 g/mol. The number of piperidine rings is 2. The molecule has 0 aliphatic carbocycles. The van der Waals surface area contributed by atoms with Crippen LogP contribution in [-0.2, 0) is 6.54 Å². The SMILES string of the molecule is Cc1cc(C)n(Cc2ccc(C(=O)N3CCC[C@@H]4CN(C(=O)c5ccccn5)CC[C@@H]43)cc2)n1. The molecule has 34 heavy (non-hydrogen) atoms. The molecule has 2 fully saturated rings. The van der Waals surface area contributed by atoms with E-state index in [4.69, 9.17) is 0 Å². The first kappa shape index (κ1) is 22.3. The molecule has 2 aliphatic heterocycles. The van der Waals surface area contributed by atoms with Gasteiger partial charge in [-0.1, -0.05) is 18.2 Å². The molecule has 7 heteroatoms. The van der Waals surface area contributed by atoms with E-state index in [1.807, 2.05) is 57.8 Å². The molecule has 0 radical (unpaired) electrons. The van der Waals surface area contributed by atoms with E-state index in [0.717, 1.165) is 48.3 Å². The number of carbonyl (C=O) groups excluding carboxylic acids is 2. The highest BCUT2D eigenvalue weighted by molar-refractivity contribution is 5.95. The lowest BCUT2D eigenvalue weighted by Crippen LogP contribution is -2.56. The van der Waals surface area contributed by atoms with Crippen LogP contribution in [0.15, 0.2) is 54.7 Å². The van der Waals surface area contributed by atoms with Gasteiger partial charge in [-0.2, -0.15) is 5.10 Å². The Balaban J connectivity index is 1.25. The first-order valence-corrected chi connectivity index (χ1v) is 12.1. The number of nitrogens with zero attached hydrogens (tertiary/aromatic N) is 5. The fraction of sp³-hybridized carbons (Fsp3) is 0.407. The summed E-state index contributed by atoms with van der Waals surface area (Å²) in [5, 5.41) is 4.53. The van der Waals surface area contributed by atoms with Crippen molar-refractivity contribution >= 4 is 11.8 Å². The van der Waals surface area contributed by atoms with Gasteiger partial charge in [0.05, 0.1) is 12.2 Å². The molecule has 176 valence electrons. The average molecular weight is 458 g/mol. The van der Waals surface area contributed by atoms with Crippen LogP contribution in [0.1, 0.15) is 57.1 Å². The number of hydrogen-bond donors (Lipinski definition) is 0. The molecule has 0 unspecified atom stereocenters. The lowest BCUT2D eigenvalue weighted by atomic mass is 9.83. The van der Waals surface area contributed by atoms with Crippen molar-refractivity contribution in [2.24, 2.45) is 5.92 Å². The fourth-order valence-corrected chi connectivity index (χ4v) is 5.42. The van der Waals surface area contributed by atoms with Crippen molar-refractivity contribution in [3.8, 4) is 0 Å². The van der Waals surface area contributed by atoms with Gasteiger partial charge in [-0.25, -0.2) is 0 Å². The first-order chi connectivity index (χ1) is 16.5. The Labute approximate surface area is 200 Å². The zero-order chi connectivity index (χ0) is 23.7. The topological polar surface area (TPSA) is 71.3 Å². The molecule has 5 rings (SSSR count). The van der Waals surface area contributed by atoms with Crippen molar-refractivity contribution in [1.82, 2.24) is 24.6 Å². The van der Waals surface area contributed by atoms with E-state index in [2.05, 4.69) is 23.1 Å². The Morgan fingerprint density at radius 2 is 1.82 bits per heavy atom. The number of carbonyl (C=O) groups is 2. The number of rotatable bonds is 4. The zero-order valence-corrected chi connectivity index (χ0v) is 19.9. The van der Waals surface area contributed by atoms with Crippen molar-refractivity contribution in [1.29, 1.82) is 0 Å². The average Bonchev–Trinajstić information content (AvgIpc) is 3.19. The normalized spacial score (nSPS) is 20.2. The molecule has 0 N–H and O–H groups in total. The first-order valence-electron chi connectivity index (χ1n) is 12.1. The minimum atomic E-state index is -0.0132. The van der Waals surface area contributed by atoms with Gasteiger partial charge in [0.25, 0.3) is 11.8 Å². The molecule has 2 saturated heterocycles. The standard InChI is InChI=1S/C27H31N5O2/c1-19-16-20(2)32(29-19)17-21-8-10-22(11-9-21)26(33)31-14-5-6-23-18-30(15-12-25(23)31)27(34)24-7-3-4-13-28-24/h3-4,7-11,13,16,23,25H,5-6,12,14-15,17-18H2,1-2H3/t23-,25+/m1/s1. The van der Waals surface area contributed by atoms with Crippen LogP contribution in [0.3, 0.4) is 0 Å². The van der Waals surface area contributed by atoms with E-state index in [-0.39, 0.29) is 17.9 Å². The van der Waals surface area contributed by atoms with Crippen LogP contribution in [-0.4, -0.2) is 62.1 Å². The van der Waals surface area contributed by atoms with Crippen LogP contribution in [0.2, 0.25) is 0 Å². The number of hydrogen-bond acceptors (Lipinski definition) is 4. The smallest absolute Gasteiger partial charge is 0.272 e. The van der Waals surface area contributed by atoms with Gasteiger partial charge in [0.15, 0.2) is 0 Å². The molecule has 2 aromatic heterocycles. The van der Waals surface area contributed by atoms with Gasteiger partial charge in [0.1, 0.15) is 5.69 Å². The Bertz CT molecular complexity index is 1170. The molecule has 7 nitrogen and oxygen atoms in total. The lowest BCUT2D eigenvalue weighted by Gasteiger charge is -2.47. The maximum Gasteiger partial charge on any atom is 0.272 e. The third-order valence-electron chi connectivity index (χ3n) is 7.14. The summed E-state index contributed by atoms with van der Waals surface area (Å²) in [6.45, 7) is 6.87. The second kappa shape index (κ2) is 9.41. The van der Waals surface area contributed by atoms with Crippen LogP contribution in [0.4, 0.5) is 0 Å². The van der Waals surface area contributed by atoms with Crippen molar-refractivity contribution in [3.63, 3.8) is 0 Å². The summed E-state index contributed by atoms with van der Waals surface area (Å²) >= 11 is 0. The third kappa shape index (κ3) is 4.47. The molecular weight excluding hydrogens is 426 g/mol. The predicted molar refractivity (Wildman–Crippen MR) is 130 cm³/mol. The van der Waals surface area contributed by atoms with E-state index < -0.39 is 0 Å². The van der Waals surface area contributed by atoms with E-state index >= 15 is 0 Å². The summed E-state index contributed by atoms with van der Waals surface area (Å²) in [5.41, 5.74) is 4.48. The van der Waals surface area contributed by atoms with Gasteiger partial charge >= 0.3 is 0 Å². The lowest BCUT2D eigenvalue weighted by molar-refractivity contribution is 0.0195. The number of aromatic nitrogens is 3. The van der Waals surface area contributed by atoms with E-state index in [9.17, 15) is 9.59 Å². The summed E-state index contributed by atoms with van der Waals surface area (Å²) in [6.07, 6.45) is 4.48. The van der Waals surface area contributed by atoms with Crippen molar-refractivity contribution < 1.29 is 9.59 Å². The summed E-state index contributed by atoms with van der Waals surface area (Å²) in [7, 11) is 0. The fourth-order valence-electron chi connectivity index (χ4n) is 5.42. The highest BCUT2D eigenvalue weighted by Crippen LogP contribution is 2.32. The van der Waals surface area contributed by atoms with Gasteiger partial charge in [-0.05, 0) is 74.9 Å². The summed E-state index contributed by atoms with van der Waals surface area (Å²) in [4.78, 5) is 34.5. The quantitative estimate of drug-likeness (QED) is 0.599. The van der Waals surface area contributed by atoms with Crippen LogP contribution in [0.5, 0.6) is 0 Å². The summed E-state index contributed by atoms with van der Waals surface area (Å²) in [5.74, 6) is 0.391. The Morgan fingerprint density at radius 3 is 2.53 bits per heavy atom. The molecule has 2 atom stereocenters. The molecule has 0 bridgehead atoms. The van der Waals surface area contributed by atoms with Gasteiger partial charge < -0.3 is 9.80 Å². The summed E-state index contributed by atoms with van der Waals surface area (Å²) in [6, 6.07) is 15.6. The Hall–Kier alpha value is -3.48. The highest BCUT2D eigenvalue weighted by atomic mass is 16.2. The van der Waals surface area contributed by atoms with Crippen LogP contribution >= 0.6 is 0 Å². The minimum absolute atomic E-state index is 0.0132. The zero-order valence-electron chi connectivity index (χ0n) is 19.9. The molecule has 0 saturated carbocycles. The van der Waals surface area contributed by atoms with Gasteiger partial charge in [-0.3, -0.25) is 19.3 Å². The second-order valence-corrected chi connectivity index (χ2v) is 9.50. The molecule has 4 heterocycles. The molecule has 3 aromatic rings. The number of fused-ring (bicyclic) bond motifs is 1. The number of aryl methyl sites for hydroxylation is 2. The minimum Gasteiger partial charge on any atom is -0.337 e. The highest BCUT2D eigenvalue weighted by Gasteiger charge is 2.39. The number of likely N-dealkylation sites (tertiary alicyclic amines) is 2. The molecule has 2 amide bonds. The molecule has 0 spiro atoms. The molecular formula is C27H31N5O2. The van der Waals surface area contributed by atoms with Crippen LogP contribution in [0, 0.1) is 19.8 Å². The van der Waals surface area contributed by atoms with E-state index in [0.29, 0.717) is 31.2 Å². The third-order valence-corrected chi connectivity index (χ3v) is 7.14. The maximum absolute atomic E-state index is 13.4. The second-order valence-electron chi connectivity index (χ2n) is 9.50. The maximum atomic E-state index is 13.4. The van der Waals surface area contributed by atoms with Gasteiger partial charge in [0, 0.05) is 43.1 Å². The molecule has 2 aliphatic rings. The Morgan fingerprint density at radius 1 is 1.00 bits per heavy atom. The van der Waals surface area contributed by atoms with Gasteiger partial charge in [-0.15, -0.1) is 0 Å². The van der Waals surface area contributed by atoms with Crippen molar-refractivity contribution in [2.45, 2.75) is 45.7 Å². The number of amides is 2. The van der Waals surface area contributed by atoms with E-state index in [1.54, 1.807) is 12.3 Å². The van der Waals surface area contributed by atoms with Crippen LogP contribution in [0.25, 0.3) is 0 Å². The summed E-state index contributed by atoms with van der Waals surface area (Å²) < 4.78 is 1.99. The van der Waals surface area contributed by atoms with Crippen molar-refractivity contribution in [3.05, 3.63) is 82.9 Å². The largest absolute Gasteiger partial charge is 0.337 e. The van der Waals surface area contributed by atoms with Crippen LogP contribution < -0.4 is 0 Å². The van der Waals surface area contributed by atoms with Gasteiger partial charge in [0.2, 0.25) is 0 Å².